The standard InChI is InChI=1S/C15H23N3/c1-2-4-14(5-3-1)6-7-17-8-10-18(11-9-17)15-12-16-13-15/h1-5,15-16H,6-13H2. The molecule has 0 atom stereocenters. The van der Waals surface area contributed by atoms with Gasteiger partial charge in [0.05, 0.1) is 0 Å². The van der Waals surface area contributed by atoms with Crippen molar-refractivity contribution in [3.8, 4) is 0 Å². The molecule has 18 heavy (non-hydrogen) atoms. The molecule has 2 fully saturated rings. The molecule has 0 spiro atoms. The normalized spacial score (nSPS) is 22.9. The molecule has 0 radical (unpaired) electrons. The van der Waals surface area contributed by atoms with Gasteiger partial charge in [0.2, 0.25) is 0 Å². The third-order valence-corrected chi connectivity index (χ3v) is 4.24. The SMILES string of the molecule is c1ccc(CCN2CCN(C3CNC3)CC2)cc1. The first-order valence-electron chi connectivity index (χ1n) is 7.13. The zero-order valence-corrected chi connectivity index (χ0v) is 11.0. The van der Waals surface area contributed by atoms with Crippen LogP contribution in [0.4, 0.5) is 0 Å². The summed E-state index contributed by atoms with van der Waals surface area (Å²) >= 11 is 0. The van der Waals surface area contributed by atoms with Crippen molar-refractivity contribution in [3.05, 3.63) is 35.9 Å². The van der Waals surface area contributed by atoms with Crippen molar-refractivity contribution < 1.29 is 0 Å². The third-order valence-electron chi connectivity index (χ3n) is 4.24. The molecular formula is C15H23N3. The zero-order valence-electron chi connectivity index (χ0n) is 11.0. The van der Waals surface area contributed by atoms with Crippen LogP contribution in [-0.4, -0.2) is 61.7 Å². The molecule has 0 aromatic heterocycles. The summed E-state index contributed by atoms with van der Waals surface area (Å²) in [6.07, 6.45) is 1.19. The predicted octanol–water partition coefficient (Wildman–Crippen LogP) is 0.819. The van der Waals surface area contributed by atoms with Crippen LogP contribution in [0.25, 0.3) is 0 Å². The lowest BCUT2D eigenvalue weighted by atomic mass is 10.1. The van der Waals surface area contributed by atoms with Gasteiger partial charge in [0.1, 0.15) is 0 Å². The van der Waals surface area contributed by atoms with Gasteiger partial charge in [-0.1, -0.05) is 30.3 Å². The number of piperazine rings is 1. The Bertz CT molecular complexity index is 353. The largest absolute Gasteiger partial charge is 0.314 e. The fourth-order valence-corrected chi connectivity index (χ4v) is 2.82. The first kappa shape index (κ1) is 12.2. The van der Waals surface area contributed by atoms with E-state index in [0.29, 0.717) is 0 Å². The summed E-state index contributed by atoms with van der Waals surface area (Å²) in [5.41, 5.74) is 1.46. The summed E-state index contributed by atoms with van der Waals surface area (Å²) in [6.45, 7) is 8.59. The second kappa shape index (κ2) is 5.83. The molecular weight excluding hydrogens is 222 g/mol. The average molecular weight is 245 g/mol. The highest BCUT2D eigenvalue weighted by Gasteiger charge is 2.27. The molecule has 3 nitrogen and oxygen atoms in total. The topological polar surface area (TPSA) is 18.5 Å². The fraction of sp³-hybridized carbons (Fsp3) is 0.600. The van der Waals surface area contributed by atoms with E-state index in [1.54, 1.807) is 0 Å². The Labute approximate surface area is 110 Å². The molecule has 1 aromatic carbocycles. The molecule has 2 aliphatic rings. The number of benzene rings is 1. The van der Waals surface area contributed by atoms with Gasteiger partial charge >= 0.3 is 0 Å². The van der Waals surface area contributed by atoms with Crippen LogP contribution in [0.2, 0.25) is 0 Å². The minimum atomic E-state index is 0.821. The lowest BCUT2D eigenvalue weighted by molar-refractivity contribution is 0.0734. The van der Waals surface area contributed by atoms with E-state index < -0.39 is 0 Å². The Morgan fingerprint density at radius 3 is 2.33 bits per heavy atom. The highest BCUT2D eigenvalue weighted by Crippen LogP contribution is 2.10. The maximum Gasteiger partial charge on any atom is 0.0346 e. The van der Waals surface area contributed by atoms with Crippen molar-refractivity contribution in [1.29, 1.82) is 0 Å². The number of hydrogen-bond acceptors (Lipinski definition) is 3. The van der Waals surface area contributed by atoms with Gasteiger partial charge in [0.25, 0.3) is 0 Å². The Morgan fingerprint density at radius 2 is 1.72 bits per heavy atom. The molecule has 1 N–H and O–H groups in total. The van der Waals surface area contributed by atoms with Gasteiger partial charge < -0.3 is 10.2 Å². The van der Waals surface area contributed by atoms with Crippen molar-refractivity contribution in [2.75, 3.05) is 45.8 Å². The van der Waals surface area contributed by atoms with Crippen LogP contribution < -0.4 is 5.32 Å². The van der Waals surface area contributed by atoms with Crippen LogP contribution in [0.1, 0.15) is 5.56 Å². The van der Waals surface area contributed by atoms with Gasteiger partial charge in [-0.25, -0.2) is 0 Å². The van der Waals surface area contributed by atoms with Crippen LogP contribution in [-0.2, 0) is 6.42 Å². The van der Waals surface area contributed by atoms with E-state index in [1.807, 2.05) is 0 Å². The Morgan fingerprint density at radius 1 is 1.00 bits per heavy atom. The highest BCUT2D eigenvalue weighted by atomic mass is 15.3. The lowest BCUT2D eigenvalue weighted by Crippen LogP contribution is -2.61. The second-order valence-electron chi connectivity index (χ2n) is 5.43. The van der Waals surface area contributed by atoms with E-state index in [4.69, 9.17) is 0 Å². The van der Waals surface area contributed by atoms with Crippen molar-refractivity contribution in [1.82, 2.24) is 15.1 Å². The van der Waals surface area contributed by atoms with Crippen LogP contribution >= 0.6 is 0 Å². The van der Waals surface area contributed by atoms with Gasteiger partial charge in [-0.3, -0.25) is 4.90 Å². The number of hydrogen-bond donors (Lipinski definition) is 1. The molecule has 1 aromatic rings. The Balaban J connectivity index is 1.40. The molecule has 3 heteroatoms. The summed E-state index contributed by atoms with van der Waals surface area (Å²) < 4.78 is 0. The molecule has 2 saturated heterocycles. The molecule has 0 amide bonds. The minimum absolute atomic E-state index is 0.821. The van der Waals surface area contributed by atoms with E-state index >= 15 is 0 Å². The maximum absolute atomic E-state index is 3.36. The maximum atomic E-state index is 3.36. The van der Waals surface area contributed by atoms with E-state index in [9.17, 15) is 0 Å². The highest BCUT2D eigenvalue weighted by molar-refractivity contribution is 5.14. The number of nitrogens with zero attached hydrogens (tertiary/aromatic N) is 2. The lowest BCUT2D eigenvalue weighted by Gasteiger charge is -2.43. The van der Waals surface area contributed by atoms with Gasteiger partial charge in [-0.2, -0.15) is 0 Å². The molecule has 0 bridgehead atoms. The zero-order chi connectivity index (χ0) is 12.2. The van der Waals surface area contributed by atoms with Crippen LogP contribution in [0.3, 0.4) is 0 Å². The van der Waals surface area contributed by atoms with Crippen LogP contribution in [0, 0.1) is 0 Å². The molecule has 3 rings (SSSR count). The van der Waals surface area contributed by atoms with Crippen LogP contribution in [0.5, 0.6) is 0 Å². The van der Waals surface area contributed by atoms with Gasteiger partial charge in [0.15, 0.2) is 0 Å². The van der Waals surface area contributed by atoms with Crippen LogP contribution in [0.15, 0.2) is 30.3 Å². The van der Waals surface area contributed by atoms with Crippen molar-refractivity contribution in [3.63, 3.8) is 0 Å². The summed E-state index contributed by atoms with van der Waals surface area (Å²) in [4.78, 5) is 5.26. The number of nitrogens with one attached hydrogen (secondary N) is 1. The summed E-state index contributed by atoms with van der Waals surface area (Å²) in [7, 11) is 0. The molecule has 2 heterocycles. The smallest absolute Gasteiger partial charge is 0.0346 e. The van der Waals surface area contributed by atoms with E-state index in [1.165, 1.54) is 57.8 Å². The number of rotatable bonds is 4. The van der Waals surface area contributed by atoms with Crippen molar-refractivity contribution in [2.45, 2.75) is 12.5 Å². The van der Waals surface area contributed by atoms with Gasteiger partial charge in [0, 0.05) is 51.9 Å². The first-order chi connectivity index (χ1) is 8.92. The summed E-state index contributed by atoms with van der Waals surface area (Å²) in [5.74, 6) is 0. The molecule has 0 aliphatic carbocycles. The quantitative estimate of drug-likeness (QED) is 0.847. The monoisotopic (exact) mass is 245 g/mol. The van der Waals surface area contributed by atoms with Crippen molar-refractivity contribution in [2.24, 2.45) is 0 Å². The Kier molecular flexibility index (Phi) is 3.93. The predicted molar refractivity (Wildman–Crippen MR) is 74.8 cm³/mol. The minimum Gasteiger partial charge on any atom is -0.314 e. The van der Waals surface area contributed by atoms with E-state index in [0.717, 1.165) is 6.04 Å². The fourth-order valence-electron chi connectivity index (χ4n) is 2.82. The first-order valence-corrected chi connectivity index (χ1v) is 7.13. The average Bonchev–Trinajstić information content (AvgIpc) is 2.37. The summed E-state index contributed by atoms with van der Waals surface area (Å²) in [5, 5.41) is 3.36. The summed E-state index contributed by atoms with van der Waals surface area (Å²) in [6, 6.07) is 11.6. The molecule has 0 saturated carbocycles. The van der Waals surface area contributed by atoms with E-state index in [2.05, 4.69) is 45.4 Å². The van der Waals surface area contributed by atoms with Gasteiger partial charge in [-0.15, -0.1) is 0 Å². The molecule has 0 unspecified atom stereocenters. The van der Waals surface area contributed by atoms with Gasteiger partial charge in [-0.05, 0) is 12.0 Å². The molecule has 98 valence electrons. The second-order valence-corrected chi connectivity index (χ2v) is 5.43. The van der Waals surface area contributed by atoms with E-state index in [-0.39, 0.29) is 0 Å². The van der Waals surface area contributed by atoms with Crippen molar-refractivity contribution >= 4 is 0 Å². The molecule has 2 aliphatic heterocycles. The third kappa shape index (κ3) is 2.91. The Hall–Kier alpha value is -0.900.